The van der Waals surface area contributed by atoms with E-state index in [0.29, 0.717) is 19.4 Å². The summed E-state index contributed by atoms with van der Waals surface area (Å²) in [5.74, 6) is 1.63. The zero-order valence-corrected chi connectivity index (χ0v) is 20.2. The van der Waals surface area contributed by atoms with Crippen molar-refractivity contribution in [1.29, 1.82) is 0 Å². The molecule has 0 atom stereocenters. The second-order valence-corrected chi connectivity index (χ2v) is 8.69. The predicted octanol–water partition coefficient (Wildman–Crippen LogP) is 5.39. The van der Waals surface area contributed by atoms with Crippen LogP contribution in [0.25, 0.3) is 0 Å². The van der Waals surface area contributed by atoms with Crippen LogP contribution in [0.2, 0.25) is 0 Å². The fourth-order valence-electron chi connectivity index (χ4n) is 3.34. The largest absolute Gasteiger partial charge is 0.497 e. The van der Waals surface area contributed by atoms with Gasteiger partial charge in [0, 0.05) is 43.2 Å². The molecule has 0 saturated carbocycles. The molecule has 6 nitrogen and oxygen atoms in total. The van der Waals surface area contributed by atoms with E-state index in [1.165, 1.54) is 22.7 Å². The molecule has 0 fully saturated rings. The Labute approximate surface area is 194 Å². The highest BCUT2D eigenvalue weighted by Gasteiger charge is 2.15. The molecule has 1 heterocycles. The normalized spacial score (nSPS) is 10.8. The molecule has 170 valence electrons. The van der Waals surface area contributed by atoms with Crippen molar-refractivity contribution >= 4 is 28.3 Å². The average molecular weight is 453 g/mol. The smallest absolute Gasteiger partial charge is 0.226 e. The van der Waals surface area contributed by atoms with Crippen molar-refractivity contribution in [3.05, 3.63) is 65.0 Å². The lowest BCUT2D eigenvalue weighted by Gasteiger charge is -2.21. The fourth-order valence-corrected chi connectivity index (χ4v) is 4.08. The Morgan fingerprint density at radius 2 is 1.97 bits per heavy atom. The van der Waals surface area contributed by atoms with E-state index < -0.39 is 0 Å². The summed E-state index contributed by atoms with van der Waals surface area (Å²) in [5.41, 5.74) is 4.34. The zero-order valence-electron chi connectivity index (χ0n) is 19.4. The first-order valence-electron chi connectivity index (χ1n) is 11.1. The van der Waals surface area contributed by atoms with Crippen molar-refractivity contribution < 1.29 is 9.53 Å². The van der Waals surface area contributed by atoms with Gasteiger partial charge in [0.25, 0.3) is 0 Å². The van der Waals surface area contributed by atoms with Crippen LogP contribution in [0.4, 0.5) is 10.8 Å². The Morgan fingerprint density at radius 1 is 1.12 bits per heavy atom. The van der Waals surface area contributed by atoms with Crippen molar-refractivity contribution in [2.45, 2.75) is 46.5 Å². The van der Waals surface area contributed by atoms with Crippen molar-refractivity contribution in [2.75, 3.05) is 30.4 Å². The molecule has 3 aromatic rings. The van der Waals surface area contributed by atoms with Gasteiger partial charge in [0.1, 0.15) is 11.6 Å². The van der Waals surface area contributed by atoms with Gasteiger partial charge in [0.15, 0.2) is 0 Å². The minimum absolute atomic E-state index is 0.0101. The van der Waals surface area contributed by atoms with E-state index in [2.05, 4.69) is 41.4 Å². The van der Waals surface area contributed by atoms with E-state index in [-0.39, 0.29) is 5.91 Å². The quantitative estimate of drug-likeness (QED) is 0.422. The predicted molar refractivity (Wildman–Crippen MR) is 132 cm³/mol. The van der Waals surface area contributed by atoms with Crippen LogP contribution in [-0.2, 0) is 11.2 Å². The number of methoxy groups -OCH3 is 1. The molecule has 1 N–H and O–H groups in total. The van der Waals surface area contributed by atoms with Gasteiger partial charge in [-0.3, -0.25) is 4.79 Å². The van der Waals surface area contributed by atoms with E-state index in [9.17, 15) is 4.79 Å². The van der Waals surface area contributed by atoms with Crippen LogP contribution in [0.3, 0.4) is 0 Å². The van der Waals surface area contributed by atoms with Crippen LogP contribution in [0.15, 0.2) is 42.5 Å². The summed E-state index contributed by atoms with van der Waals surface area (Å²) in [5, 5.41) is 3.88. The molecule has 0 radical (unpaired) electrons. The number of carbonyl (C=O) groups excluding carboxylic acids is 1. The number of benzene rings is 2. The maximum Gasteiger partial charge on any atom is 0.226 e. The number of aryl methyl sites for hydroxylation is 2. The Morgan fingerprint density at radius 3 is 2.72 bits per heavy atom. The van der Waals surface area contributed by atoms with E-state index in [1.54, 1.807) is 7.11 Å². The lowest BCUT2D eigenvalue weighted by atomic mass is 10.1. The number of ether oxygens (including phenoxy) is 1. The highest BCUT2D eigenvalue weighted by Crippen LogP contribution is 2.22. The summed E-state index contributed by atoms with van der Waals surface area (Å²) in [7, 11) is 1.67. The molecule has 1 amide bonds. The van der Waals surface area contributed by atoms with Crippen LogP contribution >= 0.6 is 11.5 Å². The summed E-state index contributed by atoms with van der Waals surface area (Å²) in [6, 6.07) is 14.0. The number of hydrogen-bond donors (Lipinski definition) is 1. The SMILES string of the molecule is CCCCN(CCC(=O)Nc1ccc(C)c(C)c1)c1nc(Cc2cccc(OC)c2)ns1. The molecule has 1 aromatic heterocycles. The number of hydrogen-bond acceptors (Lipinski definition) is 6. The molecular weight excluding hydrogens is 420 g/mol. The number of nitrogens with one attached hydrogen (secondary N) is 1. The molecule has 3 rings (SSSR count). The number of anilines is 2. The molecule has 32 heavy (non-hydrogen) atoms. The average Bonchev–Trinajstić information content (AvgIpc) is 3.24. The number of amides is 1. The summed E-state index contributed by atoms with van der Waals surface area (Å²) in [6.45, 7) is 7.76. The molecule has 7 heteroatoms. The van der Waals surface area contributed by atoms with Gasteiger partial charge < -0.3 is 15.0 Å². The minimum atomic E-state index is 0.0101. The number of nitrogens with zero attached hydrogens (tertiary/aromatic N) is 3. The molecule has 0 spiro atoms. The van der Waals surface area contributed by atoms with Crippen LogP contribution in [0.5, 0.6) is 5.75 Å². The zero-order chi connectivity index (χ0) is 22.9. The van der Waals surface area contributed by atoms with Gasteiger partial charge >= 0.3 is 0 Å². The number of unbranched alkanes of at least 4 members (excludes halogenated alkanes) is 1. The Bertz CT molecular complexity index is 1030. The van der Waals surface area contributed by atoms with Gasteiger partial charge in [-0.2, -0.15) is 4.37 Å². The minimum Gasteiger partial charge on any atom is -0.497 e. The molecule has 0 aliphatic heterocycles. The third-order valence-electron chi connectivity index (χ3n) is 5.41. The highest BCUT2D eigenvalue weighted by atomic mass is 32.1. The molecule has 0 aliphatic rings. The maximum absolute atomic E-state index is 12.5. The van der Waals surface area contributed by atoms with Crippen LogP contribution in [0.1, 0.15) is 48.7 Å². The van der Waals surface area contributed by atoms with Crippen molar-refractivity contribution in [3.63, 3.8) is 0 Å². The topological polar surface area (TPSA) is 67.4 Å². The Kier molecular flexibility index (Phi) is 8.62. The van der Waals surface area contributed by atoms with Gasteiger partial charge in [-0.25, -0.2) is 4.98 Å². The molecular formula is C25H32N4O2S. The second-order valence-electron chi connectivity index (χ2n) is 7.96. The summed E-state index contributed by atoms with van der Waals surface area (Å²) >= 11 is 1.40. The first kappa shape index (κ1) is 23.7. The van der Waals surface area contributed by atoms with E-state index >= 15 is 0 Å². The van der Waals surface area contributed by atoms with Crippen LogP contribution in [-0.4, -0.2) is 35.5 Å². The highest BCUT2D eigenvalue weighted by molar-refractivity contribution is 7.09. The monoisotopic (exact) mass is 452 g/mol. The van der Waals surface area contributed by atoms with Gasteiger partial charge in [0.05, 0.1) is 7.11 Å². The Balaban J connectivity index is 1.61. The van der Waals surface area contributed by atoms with E-state index in [0.717, 1.165) is 47.3 Å². The molecule has 0 saturated heterocycles. The van der Waals surface area contributed by atoms with Crippen LogP contribution < -0.4 is 15.0 Å². The fraction of sp³-hybridized carbons (Fsp3) is 0.400. The standard InChI is InChI=1S/C25H32N4O2S/c1-5-6-13-29(14-12-24(30)26-21-11-10-18(2)19(3)15-21)25-27-23(28-32-25)17-20-8-7-9-22(16-20)31-4/h7-11,15-16H,5-6,12-14,17H2,1-4H3,(H,26,30). The summed E-state index contributed by atoms with van der Waals surface area (Å²) in [4.78, 5) is 19.5. The Hall–Kier alpha value is -2.93. The third kappa shape index (κ3) is 6.79. The first-order chi connectivity index (χ1) is 15.5. The second kappa shape index (κ2) is 11.6. The van der Waals surface area contributed by atoms with Crippen molar-refractivity contribution in [2.24, 2.45) is 0 Å². The molecule has 0 bridgehead atoms. The van der Waals surface area contributed by atoms with Gasteiger partial charge in [-0.05, 0) is 61.2 Å². The summed E-state index contributed by atoms with van der Waals surface area (Å²) in [6.07, 6.45) is 3.19. The maximum atomic E-state index is 12.5. The van der Waals surface area contributed by atoms with Crippen molar-refractivity contribution in [1.82, 2.24) is 9.36 Å². The number of aromatic nitrogens is 2. The summed E-state index contributed by atoms with van der Waals surface area (Å²) < 4.78 is 9.86. The molecule has 0 aliphatic carbocycles. The molecule has 0 unspecified atom stereocenters. The third-order valence-corrected chi connectivity index (χ3v) is 6.22. The van der Waals surface area contributed by atoms with E-state index in [1.807, 2.05) is 36.4 Å². The lowest BCUT2D eigenvalue weighted by molar-refractivity contribution is -0.116. The van der Waals surface area contributed by atoms with E-state index in [4.69, 9.17) is 9.72 Å². The number of carbonyl (C=O) groups is 1. The van der Waals surface area contributed by atoms with Gasteiger partial charge in [0.2, 0.25) is 11.0 Å². The van der Waals surface area contributed by atoms with Crippen LogP contribution in [0, 0.1) is 13.8 Å². The number of rotatable bonds is 11. The first-order valence-corrected chi connectivity index (χ1v) is 11.8. The van der Waals surface area contributed by atoms with Gasteiger partial charge in [-0.1, -0.05) is 31.5 Å². The van der Waals surface area contributed by atoms with Gasteiger partial charge in [-0.15, -0.1) is 0 Å². The lowest BCUT2D eigenvalue weighted by Crippen LogP contribution is -2.28. The molecule has 2 aromatic carbocycles. The van der Waals surface area contributed by atoms with Crippen molar-refractivity contribution in [3.8, 4) is 5.75 Å².